The van der Waals surface area contributed by atoms with E-state index in [1.54, 1.807) is 6.07 Å². The quantitative estimate of drug-likeness (QED) is 0.307. The van der Waals surface area contributed by atoms with Gasteiger partial charge in [0.25, 0.3) is 0 Å². The summed E-state index contributed by atoms with van der Waals surface area (Å²) >= 11 is 0. The van der Waals surface area contributed by atoms with Crippen molar-refractivity contribution >= 4 is 11.1 Å². The number of morpholine rings is 2. The van der Waals surface area contributed by atoms with Crippen LogP contribution >= 0.6 is 0 Å². The maximum Gasteiger partial charge on any atom is 0.119 e. The fourth-order valence-corrected chi connectivity index (χ4v) is 5.40. The normalized spacial score (nSPS) is 16.3. The number of allylic oxidation sites excluding steroid dienone is 1. The van der Waals surface area contributed by atoms with E-state index in [1.807, 2.05) is 36.4 Å². The molecular weight excluding hydrogens is 516 g/mol. The summed E-state index contributed by atoms with van der Waals surface area (Å²) < 4.78 is 23.0. The standard InChI is InChI=1S/C34H42N2O5/c1-2-33(29-4-3-5-30(37)26-29)34(27-6-10-31(11-7-27)40-24-18-35-14-20-38-21-15-35)28-8-12-32(13-9-28)41-25-19-36-16-22-39-23-17-36/h3-13,26,37H,2,14-25H2,1H3. The van der Waals surface area contributed by atoms with Gasteiger partial charge >= 0.3 is 0 Å². The van der Waals surface area contributed by atoms with E-state index in [-0.39, 0.29) is 5.75 Å². The van der Waals surface area contributed by atoms with Crippen molar-refractivity contribution < 1.29 is 24.1 Å². The molecule has 7 nitrogen and oxygen atoms in total. The number of hydrogen-bond donors (Lipinski definition) is 1. The molecule has 0 bridgehead atoms. The molecule has 0 spiro atoms. The molecule has 2 heterocycles. The van der Waals surface area contributed by atoms with Gasteiger partial charge in [-0.15, -0.1) is 0 Å². The lowest BCUT2D eigenvalue weighted by Gasteiger charge is -2.26. The molecular formula is C34H42N2O5. The zero-order valence-corrected chi connectivity index (χ0v) is 24.1. The van der Waals surface area contributed by atoms with E-state index in [0.717, 1.165) is 106 Å². The first kappa shape index (κ1) is 29.1. The molecule has 2 aliphatic heterocycles. The van der Waals surface area contributed by atoms with Crippen molar-refractivity contribution in [1.29, 1.82) is 0 Å². The first-order valence-corrected chi connectivity index (χ1v) is 14.8. The van der Waals surface area contributed by atoms with Gasteiger partial charge in [-0.1, -0.05) is 43.3 Å². The molecule has 2 fully saturated rings. The van der Waals surface area contributed by atoms with Crippen molar-refractivity contribution in [3.8, 4) is 17.2 Å². The van der Waals surface area contributed by atoms with Crippen LogP contribution in [0.25, 0.3) is 11.1 Å². The monoisotopic (exact) mass is 558 g/mol. The summed E-state index contributed by atoms with van der Waals surface area (Å²) in [4.78, 5) is 4.75. The minimum atomic E-state index is 0.265. The number of ether oxygens (including phenoxy) is 4. The van der Waals surface area contributed by atoms with Gasteiger partial charge in [0.05, 0.1) is 26.4 Å². The van der Waals surface area contributed by atoms with Gasteiger partial charge in [0.15, 0.2) is 0 Å². The van der Waals surface area contributed by atoms with Gasteiger partial charge in [-0.2, -0.15) is 0 Å². The highest BCUT2D eigenvalue weighted by Crippen LogP contribution is 2.36. The fraction of sp³-hybridized carbons (Fsp3) is 0.412. The number of nitrogens with zero attached hydrogens (tertiary/aromatic N) is 2. The summed E-state index contributed by atoms with van der Waals surface area (Å²) in [5.74, 6) is 1.99. The topological polar surface area (TPSA) is 63.6 Å². The Kier molecular flexibility index (Phi) is 10.7. The number of phenolic OH excluding ortho intramolecular Hbond substituents is 1. The first-order chi connectivity index (χ1) is 20.2. The Balaban J connectivity index is 1.33. The van der Waals surface area contributed by atoms with Crippen molar-refractivity contribution in [2.24, 2.45) is 0 Å². The molecule has 41 heavy (non-hydrogen) atoms. The van der Waals surface area contributed by atoms with Crippen LogP contribution in [0.5, 0.6) is 17.2 Å². The summed E-state index contributed by atoms with van der Waals surface area (Å²) in [7, 11) is 0. The molecule has 0 radical (unpaired) electrons. The summed E-state index contributed by atoms with van der Waals surface area (Å²) in [6.07, 6.45) is 0.814. The number of hydrogen-bond acceptors (Lipinski definition) is 7. The molecule has 7 heteroatoms. The average Bonchev–Trinajstić information content (AvgIpc) is 3.02. The molecule has 0 aliphatic carbocycles. The Morgan fingerprint density at radius 3 is 1.61 bits per heavy atom. The Bertz CT molecular complexity index is 1180. The van der Waals surface area contributed by atoms with Crippen molar-refractivity contribution in [3.63, 3.8) is 0 Å². The van der Waals surface area contributed by atoms with E-state index in [9.17, 15) is 5.11 Å². The van der Waals surface area contributed by atoms with Crippen LogP contribution in [0.3, 0.4) is 0 Å². The molecule has 2 saturated heterocycles. The van der Waals surface area contributed by atoms with E-state index < -0.39 is 0 Å². The lowest BCUT2D eigenvalue weighted by Crippen LogP contribution is -2.38. The fourth-order valence-electron chi connectivity index (χ4n) is 5.40. The Labute approximate surface area is 243 Å². The number of phenols is 1. The maximum atomic E-state index is 10.2. The van der Waals surface area contributed by atoms with Crippen molar-refractivity contribution in [1.82, 2.24) is 9.80 Å². The van der Waals surface area contributed by atoms with Gasteiger partial charge in [0.2, 0.25) is 0 Å². The van der Waals surface area contributed by atoms with E-state index >= 15 is 0 Å². The van der Waals surface area contributed by atoms with Gasteiger partial charge < -0.3 is 24.1 Å². The second-order valence-corrected chi connectivity index (χ2v) is 10.4. The van der Waals surface area contributed by atoms with Crippen LogP contribution in [0.1, 0.15) is 30.0 Å². The summed E-state index contributed by atoms with van der Waals surface area (Å²) in [5.41, 5.74) is 5.53. The lowest BCUT2D eigenvalue weighted by molar-refractivity contribution is 0.0321. The van der Waals surface area contributed by atoms with Gasteiger partial charge in [-0.05, 0) is 70.7 Å². The largest absolute Gasteiger partial charge is 0.508 e. The third kappa shape index (κ3) is 8.33. The van der Waals surface area contributed by atoms with Crippen molar-refractivity contribution in [3.05, 3.63) is 89.5 Å². The third-order valence-corrected chi connectivity index (χ3v) is 7.70. The van der Waals surface area contributed by atoms with Gasteiger partial charge in [-0.3, -0.25) is 9.80 Å². The molecule has 0 aromatic heterocycles. The van der Waals surface area contributed by atoms with Crippen molar-refractivity contribution in [2.45, 2.75) is 13.3 Å². The van der Waals surface area contributed by atoms with Crippen LogP contribution in [0.15, 0.2) is 72.8 Å². The van der Waals surface area contributed by atoms with Crippen LogP contribution in [0.2, 0.25) is 0 Å². The first-order valence-electron chi connectivity index (χ1n) is 14.8. The van der Waals surface area contributed by atoms with E-state index in [4.69, 9.17) is 18.9 Å². The Morgan fingerprint density at radius 2 is 1.17 bits per heavy atom. The molecule has 2 aliphatic rings. The maximum absolute atomic E-state index is 10.2. The highest BCUT2D eigenvalue weighted by molar-refractivity contribution is 5.98. The van der Waals surface area contributed by atoms with E-state index in [1.165, 1.54) is 5.57 Å². The van der Waals surface area contributed by atoms with Crippen molar-refractivity contribution in [2.75, 3.05) is 78.9 Å². The number of aromatic hydroxyl groups is 1. The molecule has 5 rings (SSSR count). The SMILES string of the molecule is CCC(=C(c1ccc(OCCN2CCOCC2)cc1)c1ccc(OCCN2CCOCC2)cc1)c1cccc(O)c1. The second kappa shape index (κ2) is 15.0. The van der Waals surface area contributed by atoms with E-state index in [2.05, 4.69) is 47.1 Å². The molecule has 3 aromatic rings. The highest BCUT2D eigenvalue weighted by Gasteiger charge is 2.15. The van der Waals surface area contributed by atoms with Crippen LogP contribution in [-0.4, -0.2) is 93.8 Å². The molecule has 1 N–H and O–H groups in total. The Hall–Kier alpha value is -3.36. The second-order valence-electron chi connectivity index (χ2n) is 10.4. The lowest BCUT2D eigenvalue weighted by atomic mass is 9.88. The molecule has 0 atom stereocenters. The van der Waals surface area contributed by atoms with Crippen LogP contribution in [-0.2, 0) is 9.47 Å². The predicted molar refractivity (Wildman–Crippen MR) is 163 cm³/mol. The summed E-state index contributed by atoms with van der Waals surface area (Å²) in [5, 5.41) is 10.2. The molecule has 0 unspecified atom stereocenters. The zero-order valence-electron chi connectivity index (χ0n) is 24.1. The van der Waals surface area contributed by atoms with Gasteiger partial charge in [-0.25, -0.2) is 0 Å². The smallest absolute Gasteiger partial charge is 0.119 e. The predicted octanol–water partition coefficient (Wildman–Crippen LogP) is 5.18. The molecule has 0 amide bonds. The van der Waals surface area contributed by atoms with Gasteiger partial charge in [0, 0.05) is 39.3 Å². The third-order valence-electron chi connectivity index (χ3n) is 7.70. The molecule has 0 saturated carbocycles. The van der Waals surface area contributed by atoms with Gasteiger partial charge in [0.1, 0.15) is 30.5 Å². The highest BCUT2D eigenvalue weighted by atomic mass is 16.5. The van der Waals surface area contributed by atoms with E-state index in [0.29, 0.717) is 13.2 Å². The minimum Gasteiger partial charge on any atom is -0.508 e. The zero-order chi connectivity index (χ0) is 28.3. The summed E-state index contributed by atoms with van der Waals surface area (Å²) in [6, 6.07) is 24.2. The van der Waals surface area contributed by atoms with Crippen LogP contribution in [0.4, 0.5) is 0 Å². The molecule has 218 valence electrons. The number of benzene rings is 3. The summed E-state index contributed by atoms with van der Waals surface area (Å²) in [6.45, 7) is 12.3. The Morgan fingerprint density at radius 1 is 0.683 bits per heavy atom. The van der Waals surface area contributed by atoms with Crippen LogP contribution in [0, 0.1) is 0 Å². The molecule has 3 aromatic carbocycles. The number of rotatable bonds is 12. The average molecular weight is 559 g/mol. The minimum absolute atomic E-state index is 0.265. The van der Waals surface area contributed by atoms with Crippen LogP contribution < -0.4 is 9.47 Å².